The molecule has 1 aliphatic rings. The summed E-state index contributed by atoms with van der Waals surface area (Å²) >= 11 is 12.6. The SMILES string of the molecule is COc1cc(/C=C2\SC(=S)N(Cc3ccco3)C2=O)ccc1OCC(=O)Nc1cc(Cl)ccc1C. The molecule has 0 saturated carbocycles. The van der Waals surface area contributed by atoms with Crippen LogP contribution in [0.5, 0.6) is 11.5 Å². The van der Waals surface area contributed by atoms with Gasteiger partial charge in [-0.1, -0.05) is 47.7 Å². The molecular weight excluding hydrogens is 508 g/mol. The number of thiocarbonyl (C=S) groups is 1. The lowest BCUT2D eigenvalue weighted by molar-refractivity contribution is -0.122. The van der Waals surface area contributed by atoms with Gasteiger partial charge >= 0.3 is 0 Å². The number of nitrogens with zero attached hydrogens (tertiary/aromatic N) is 1. The van der Waals surface area contributed by atoms with Crippen molar-refractivity contribution in [2.24, 2.45) is 0 Å². The van der Waals surface area contributed by atoms with E-state index in [9.17, 15) is 9.59 Å². The fourth-order valence-electron chi connectivity index (χ4n) is 3.30. The lowest BCUT2D eigenvalue weighted by Crippen LogP contribution is -2.27. The molecule has 0 aliphatic carbocycles. The Morgan fingerprint density at radius 3 is 2.80 bits per heavy atom. The van der Waals surface area contributed by atoms with Crippen LogP contribution in [0.15, 0.2) is 64.1 Å². The molecule has 0 unspecified atom stereocenters. The van der Waals surface area contributed by atoms with E-state index in [4.69, 9.17) is 37.7 Å². The molecule has 0 radical (unpaired) electrons. The molecule has 0 spiro atoms. The standard InChI is InChI=1S/C25H21ClN2O5S2/c1-15-5-7-17(26)12-19(15)27-23(29)14-33-20-8-6-16(10-21(20)31-2)11-22-24(30)28(25(34)35-22)13-18-4-3-9-32-18/h3-12H,13-14H2,1-2H3,(H,27,29)/b22-11-. The van der Waals surface area contributed by atoms with E-state index in [2.05, 4.69) is 5.32 Å². The Balaban J connectivity index is 1.42. The second kappa shape index (κ2) is 11.0. The molecular formula is C25H21ClN2O5S2. The Labute approximate surface area is 217 Å². The van der Waals surface area contributed by atoms with Crippen molar-refractivity contribution in [3.8, 4) is 11.5 Å². The number of methoxy groups -OCH3 is 1. The van der Waals surface area contributed by atoms with E-state index in [1.54, 1.807) is 54.8 Å². The van der Waals surface area contributed by atoms with Gasteiger partial charge in [0.15, 0.2) is 18.1 Å². The highest BCUT2D eigenvalue weighted by Crippen LogP contribution is 2.35. The number of aryl methyl sites for hydroxylation is 1. The number of nitrogens with one attached hydrogen (secondary N) is 1. The molecule has 10 heteroatoms. The van der Waals surface area contributed by atoms with Crippen molar-refractivity contribution in [1.29, 1.82) is 0 Å². The summed E-state index contributed by atoms with van der Waals surface area (Å²) in [5.41, 5.74) is 2.24. The maximum absolute atomic E-state index is 12.8. The Bertz CT molecular complexity index is 1310. The summed E-state index contributed by atoms with van der Waals surface area (Å²) in [4.78, 5) is 27.2. The van der Waals surface area contributed by atoms with Crippen LogP contribution in [-0.4, -0.2) is 34.8 Å². The summed E-state index contributed by atoms with van der Waals surface area (Å²) < 4.78 is 16.9. The molecule has 1 aliphatic heterocycles. The number of halogens is 1. The summed E-state index contributed by atoms with van der Waals surface area (Å²) in [6.07, 6.45) is 3.29. The van der Waals surface area contributed by atoms with Crippen molar-refractivity contribution in [3.05, 3.63) is 81.6 Å². The molecule has 1 fully saturated rings. The van der Waals surface area contributed by atoms with E-state index in [0.717, 1.165) is 11.1 Å². The number of benzene rings is 2. The predicted octanol–water partition coefficient (Wildman–Crippen LogP) is 5.67. The lowest BCUT2D eigenvalue weighted by atomic mass is 10.2. The van der Waals surface area contributed by atoms with Crippen LogP contribution >= 0.6 is 35.6 Å². The molecule has 35 heavy (non-hydrogen) atoms. The molecule has 0 bridgehead atoms. The number of carbonyl (C=O) groups excluding carboxylic acids is 2. The summed E-state index contributed by atoms with van der Waals surface area (Å²) in [6, 6.07) is 14.0. The Morgan fingerprint density at radius 2 is 2.06 bits per heavy atom. The summed E-state index contributed by atoms with van der Waals surface area (Å²) in [7, 11) is 1.50. The third-order valence-corrected chi connectivity index (χ3v) is 6.70. The van der Waals surface area contributed by atoms with E-state index < -0.39 is 0 Å². The number of anilines is 1. The van der Waals surface area contributed by atoms with Gasteiger partial charge in [0, 0.05) is 10.7 Å². The van der Waals surface area contributed by atoms with Crippen LogP contribution in [0, 0.1) is 6.92 Å². The largest absolute Gasteiger partial charge is 0.493 e. The van der Waals surface area contributed by atoms with Crippen LogP contribution in [0.1, 0.15) is 16.9 Å². The smallest absolute Gasteiger partial charge is 0.266 e. The number of amides is 2. The quantitative estimate of drug-likeness (QED) is 0.298. The number of thioether (sulfide) groups is 1. The first-order chi connectivity index (χ1) is 16.8. The van der Waals surface area contributed by atoms with Crippen molar-refractivity contribution >= 4 is 63.5 Å². The second-order valence-corrected chi connectivity index (χ2v) is 9.67. The first kappa shape index (κ1) is 24.8. The predicted molar refractivity (Wildman–Crippen MR) is 141 cm³/mol. The molecule has 180 valence electrons. The molecule has 0 atom stereocenters. The molecule has 4 rings (SSSR count). The zero-order valence-electron chi connectivity index (χ0n) is 18.9. The number of hydrogen-bond acceptors (Lipinski definition) is 7. The van der Waals surface area contributed by atoms with Gasteiger partial charge in [0.25, 0.3) is 11.8 Å². The zero-order chi connectivity index (χ0) is 24.9. The third kappa shape index (κ3) is 6.05. The fourth-order valence-corrected chi connectivity index (χ4v) is 4.72. The molecule has 1 N–H and O–H groups in total. The normalized spacial score (nSPS) is 14.5. The molecule has 2 heterocycles. The molecule has 2 amide bonds. The van der Waals surface area contributed by atoms with Crippen molar-refractivity contribution in [2.45, 2.75) is 13.5 Å². The number of rotatable bonds is 8. The van der Waals surface area contributed by atoms with Gasteiger partial charge in [-0.2, -0.15) is 0 Å². The Kier molecular flexibility index (Phi) is 7.80. The topological polar surface area (TPSA) is 81.0 Å². The van der Waals surface area contributed by atoms with Gasteiger partial charge < -0.3 is 19.2 Å². The van der Waals surface area contributed by atoms with Crippen LogP contribution in [0.2, 0.25) is 5.02 Å². The van der Waals surface area contributed by atoms with Gasteiger partial charge in [-0.3, -0.25) is 14.5 Å². The van der Waals surface area contributed by atoms with Crippen LogP contribution in [0.25, 0.3) is 6.08 Å². The van der Waals surface area contributed by atoms with Gasteiger partial charge in [0.1, 0.15) is 10.1 Å². The van der Waals surface area contributed by atoms with Crippen LogP contribution in [0.4, 0.5) is 5.69 Å². The lowest BCUT2D eigenvalue weighted by Gasteiger charge is -2.13. The Morgan fingerprint density at radius 1 is 1.23 bits per heavy atom. The number of ether oxygens (including phenoxy) is 2. The van der Waals surface area contributed by atoms with Crippen molar-refractivity contribution < 1.29 is 23.5 Å². The van der Waals surface area contributed by atoms with Gasteiger partial charge in [-0.15, -0.1) is 0 Å². The minimum Gasteiger partial charge on any atom is -0.493 e. The van der Waals surface area contributed by atoms with Gasteiger partial charge in [0.05, 0.1) is 24.8 Å². The zero-order valence-corrected chi connectivity index (χ0v) is 21.3. The highest BCUT2D eigenvalue weighted by Gasteiger charge is 2.32. The minimum atomic E-state index is -0.332. The molecule has 2 aromatic carbocycles. The highest BCUT2D eigenvalue weighted by molar-refractivity contribution is 8.26. The summed E-state index contributed by atoms with van der Waals surface area (Å²) in [5.74, 6) is 0.954. The first-order valence-corrected chi connectivity index (χ1v) is 12.1. The number of carbonyl (C=O) groups is 2. The highest BCUT2D eigenvalue weighted by atomic mass is 35.5. The van der Waals surface area contributed by atoms with Crippen molar-refractivity contribution in [2.75, 3.05) is 19.0 Å². The average Bonchev–Trinajstić information content (AvgIpc) is 3.44. The Hall–Kier alpha value is -3.27. The van der Waals surface area contributed by atoms with Crippen LogP contribution in [-0.2, 0) is 16.1 Å². The summed E-state index contributed by atoms with van der Waals surface area (Å²) in [6.45, 7) is 1.94. The fraction of sp³-hybridized carbons (Fsp3) is 0.160. The van der Waals surface area contributed by atoms with Gasteiger partial charge in [-0.05, 0) is 60.5 Å². The van der Waals surface area contributed by atoms with E-state index in [0.29, 0.717) is 37.2 Å². The van der Waals surface area contributed by atoms with Gasteiger partial charge in [0.2, 0.25) is 0 Å². The maximum atomic E-state index is 12.8. The third-order valence-electron chi connectivity index (χ3n) is 5.09. The van der Waals surface area contributed by atoms with E-state index in [1.165, 1.54) is 23.8 Å². The van der Waals surface area contributed by atoms with E-state index in [-0.39, 0.29) is 25.0 Å². The molecule has 1 saturated heterocycles. The van der Waals surface area contributed by atoms with Crippen LogP contribution < -0.4 is 14.8 Å². The second-order valence-electron chi connectivity index (χ2n) is 7.55. The van der Waals surface area contributed by atoms with Crippen molar-refractivity contribution in [1.82, 2.24) is 4.90 Å². The monoisotopic (exact) mass is 528 g/mol. The van der Waals surface area contributed by atoms with Crippen molar-refractivity contribution in [3.63, 3.8) is 0 Å². The molecule has 3 aromatic rings. The summed E-state index contributed by atoms with van der Waals surface area (Å²) in [5, 5.41) is 3.31. The average molecular weight is 529 g/mol. The van der Waals surface area contributed by atoms with Crippen LogP contribution in [0.3, 0.4) is 0 Å². The maximum Gasteiger partial charge on any atom is 0.266 e. The first-order valence-electron chi connectivity index (χ1n) is 10.5. The van der Waals surface area contributed by atoms with Gasteiger partial charge in [-0.25, -0.2) is 0 Å². The molecule has 7 nitrogen and oxygen atoms in total. The molecule has 1 aromatic heterocycles. The number of hydrogen-bond donors (Lipinski definition) is 1. The van der Waals surface area contributed by atoms with E-state index in [1.807, 2.05) is 13.0 Å². The number of furan rings is 1. The minimum absolute atomic E-state index is 0.191. The van der Waals surface area contributed by atoms with E-state index >= 15 is 0 Å².